The van der Waals surface area contributed by atoms with E-state index in [4.69, 9.17) is 0 Å². The van der Waals surface area contributed by atoms with Gasteiger partial charge < -0.3 is 5.11 Å². The van der Waals surface area contributed by atoms with Gasteiger partial charge in [0.15, 0.2) is 0 Å². The van der Waals surface area contributed by atoms with Crippen molar-refractivity contribution in [3.8, 4) is 11.4 Å². The highest BCUT2D eigenvalue weighted by Crippen LogP contribution is 2.48. The van der Waals surface area contributed by atoms with Crippen LogP contribution < -0.4 is 0 Å². The number of hydrogen-bond donors (Lipinski definition) is 1. The van der Waals surface area contributed by atoms with Gasteiger partial charge in [-0.15, -0.1) is 0 Å². The second-order valence-electron chi connectivity index (χ2n) is 4.75. The van der Waals surface area contributed by atoms with Crippen LogP contribution in [0.15, 0.2) is 61.2 Å². The lowest BCUT2D eigenvalue weighted by Gasteiger charge is -2.25. The summed E-state index contributed by atoms with van der Waals surface area (Å²) < 4.78 is 0. The molecule has 0 bridgehead atoms. The Hall–Kier alpha value is -2.59. The Bertz CT molecular complexity index is 741. The van der Waals surface area contributed by atoms with Gasteiger partial charge in [0.2, 0.25) is 0 Å². The van der Waals surface area contributed by atoms with Gasteiger partial charge in [-0.3, -0.25) is 15.0 Å². The fourth-order valence-corrected chi connectivity index (χ4v) is 2.80. The maximum atomic E-state index is 11.3. The zero-order valence-corrected chi connectivity index (χ0v) is 10.6. The average Bonchev–Trinajstić information content (AvgIpc) is 2.80. The fourth-order valence-electron chi connectivity index (χ4n) is 2.80. The van der Waals surface area contributed by atoms with E-state index in [9.17, 15) is 5.11 Å². The first-order valence-corrected chi connectivity index (χ1v) is 6.36. The van der Waals surface area contributed by atoms with Crippen molar-refractivity contribution >= 4 is 0 Å². The Morgan fingerprint density at radius 1 is 0.800 bits per heavy atom. The Morgan fingerprint density at radius 3 is 1.95 bits per heavy atom. The SMILES string of the molecule is OC1(c2cccnc2)c2cccnc2-c2ncccc21. The molecule has 0 saturated heterocycles. The van der Waals surface area contributed by atoms with Crippen LogP contribution >= 0.6 is 0 Å². The highest BCUT2D eigenvalue weighted by Gasteiger charge is 2.44. The zero-order valence-electron chi connectivity index (χ0n) is 10.6. The molecular formula is C16H11N3O. The summed E-state index contributed by atoms with van der Waals surface area (Å²) in [7, 11) is 0. The summed E-state index contributed by atoms with van der Waals surface area (Å²) in [6, 6.07) is 11.1. The van der Waals surface area contributed by atoms with E-state index in [0.29, 0.717) is 0 Å². The predicted molar refractivity (Wildman–Crippen MR) is 73.8 cm³/mol. The van der Waals surface area contributed by atoms with Crippen LogP contribution in [0, 0.1) is 0 Å². The molecule has 4 heteroatoms. The van der Waals surface area contributed by atoms with Gasteiger partial charge in [0.05, 0.1) is 11.4 Å². The summed E-state index contributed by atoms with van der Waals surface area (Å²) in [6.45, 7) is 0. The lowest BCUT2D eigenvalue weighted by atomic mass is 9.86. The quantitative estimate of drug-likeness (QED) is 0.729. The van der Waals surface area contributed by atoms with Crippen molar-refractivity contribution in [2.45, 2.75) is 5.60 Å². The van der Waals surface area contributed by atoms with Crippen LogP contribution in [0.2, 0.25) is 0 Å². The van der Waals surface area contributed by atoms with E-state index in [2.05, 4.69) is 15.0 Å². The van der Waals surface area contributed by atoms with E-state index < -0.39 is 5.60 Å². The molecule has 0 aromatic carbocycles. The minimum atomic E-state index is -1.23. The summed E-state index contributed by atoms with van der Waals surface area (Å²) in [5, 5.41) is 11.3. The van der Waals surface area contributed by atoms with Gasteiger partial charge in [0.1, 0.15) is 5.60 Å². The highest BCUT2D eigenvalue weighted by molar-refractivity contribution is 5.76. The molecule has 3 aromatic heterocycles. The molecule has 0 radical (unpaired) electrons. The van der Waals surface area contributed by atoms with E-state index in [1.165, 1.54) is 0 Å². The Labute approximate surface area is 115 Å². The lowest BCUT2D eigenvalue weighted by Crippen LogP contribution is -2.26. The van der Waals surface area contributed by atoms with E-state index in [1.54, 1.807) is 24.8 Å². The average molecular weight is 261 g/mol. The lowest BCUT2D eigenvalue weighted by molar-refractivity contribution is 0.130. The molecule has 0 spiro atoms. The molecule has 1 aliphatic carbocycles. The first-order chi connectivity index (χ1) is 9.82. The summed E-state index contributed by atoms with van der Waals surface area (Å²) in [5.74, 6) is 0. The van der Waals surface area contributed by atoms with Crippen molar-refractivity contribution in [2.24, 2.45) is 0 Å². The third kappa shape index (κ3) is 1.31. The van der Waals surface area contributed by atoms with E-state index in [-0.39, 0.29) is 0 Å². The van der Waals surface area contributed by atoms with Crippen molar-refractivity contribution in [1.82, 2.24) is 15.0 Å². The maximum absolute atomic E-state index is 11.3. The van der Waals surface area contributed by atoms with Crippen molar-refractivity contribution in [2.75, 3.05) is 0 Å². The zero-order chi connectivity index (χ0) is 13.6. The second-order valence-corrected chi connectivity index (χ2v) is 4.75. The van der Waals surface area contributed by atoms with Crippen LogP contribution in [-0.2, 0) is 5.60 Å². The molecule has 0 saturated carbocycles. The van der Waals surface area contributed by atoms with Crippen molar-refractivity contribution in [1.29, 1.82) is 0 Å². The number of nitrogens with zero attached hydrogens (tertiary/aromatic N) is 3. The number of pyridine rings is 3. The van der Waals surface area contributed by atoms with Gasteiger partial charge in [-0.1, -0.05) is 18.2 Å². The maximum Gasteiger partial charge on any atom is 0.146 e. The summed E-state index contributed by atoms with van der Waals surface area (Å²) in [5.41, 5.74) is 2.45. The van der Waals surface area contributed by atoms with Gasteiger partial charge in [-0.2, -0.15) is 0 Å². The summed E-state index contributed by atoms with van der Waals surface area (Å²) in [4.78, 5) is 12.9. The molecule has 0 atom stereocenters. The number of aromatic nitrogens is 3. The highest BCUT2D eigenvalue weighted by atomic mass is 16.3. The van der Waals surface area contributed by atoms with Crippen molar-refractivity contribution in [3.05, 3.63) is 77.9 Å². The van der Waals surface area contributed by atoms with Crippen LogP contribution in [0.5, 0.6) is 0 Å². The minimum Gasteiger partial charge on any atom is -0.376 e. The Morgan fingerprint density at radius 2 is 1.40 bits per heavy atom. The largest absolute Gasteiger partial charge is 0.376 e. The van der Waals surface area contributed by atoms with E-state index in [0.717, 1.165) is 28.1 Å². The second kappa shape index (κ2) is 3.95. The number of aliphatic hydroxyl groups is 1. The molecule has 20 heavy (non-hydrogen) atoms. The third-order valence-corrected chi connectivity index (χ3v) is 3.70. The van der Waals surface area contributed by atoms with Crippen LogP contribution in [0.25, 0.3) is 11.4 Å². The van der Waals surface area contributed by atoms with Crippen LogP contribution in [0.1, 0.15) is 16.7 Å². The Balaban J connectivity index is 2.10. The molecule has 0 aliphatic heterocycles. The van der Waals surface area contributed by atoms with Gasteiger partial charge in [-0.25, -0.2) is 0 Å². The molecular weight excluding hydrogens is 250 g/mol. The summed E-state index contributed by atoms with van der Waals surface area (Å²) >= 11 is 0. The number of hydrogen-bond acceptors (Lipinski definition) is 4. The van der Waals surface area contributed by atoms with Crippen molar-refractivity contribution < 1.29 is 5.11 Å². The van der Waals surface area contributed by atoms with Crippen molar-refractivity contribution in [3.63, 3.8) is 0 Å². The molecule has 4 nitrogen and oxygen atoms in total. The standard InChI is InChI=1S/C16H11N3O/c20-16(11-4-1-7-17-10-11)12-5-2-8-18-14(12)15-13(16)6-3-9-19-15/h1-10,20H. The topological polar surface area (TPSA) is 58.9 Å². The van der Waals surface area contributed by atoms with Crippen LogP contribution in [-0.4, -0.2) is 20.1 Å². The minimum absolute atomic E-state index is 0.723. The first-order valence-electron chi connectivity index (χ1n) is 6.36. The first kappa shape index (κ1) is 11.3. The van der Waals surface area contributed by atoms with E-state index >= 15 is 0 Å². The normalized spacial score (nSPS) is 14.7. The Kier molecular flexibility index (Phi) is 2.22. The molecule has 1 aliphatic rings. The van der Waals surface area contributed by atoms with Crippen LogP contribution in [0.4, 0.5) is 0 Å². The van der Waals surface area contributed by atoms with Gasteiger partial charge in [-0.05, 0) is 18.2 Å². The molecule has 1 N–H and O–H groups in total. The number of fused-ring (bicyclic) bond motifs is 3. The number of rotatable bonds is 1. The predicted octanol–water partition coefficient (Wildman–Crippen LogP) is 2.14. The van der Waals surface area contributed by atoms with Crippen LogP contribution in [0.3, 0.4) is 0 Å². The summed E-state index contributed by atoms with van der Waals surface area (Å²) in [6.07, 6.45) is 6.80. The fraction of sp³-hybridized carbons (Fsp3) is 0.0625. The molecule has 3 aromatic rings. The molecule has 0 unspecified atom stereocenters. The van der Waals surface area contributed by atoms with Gasteiger partial charge in [0, 0.05) is 41.5 Å². The molecule has 0 amide bonds. The third-order valence-electron chi connectivity index (χ3n) is 3.70. The molecule has 3 heterocycles. The van der Waals surface area contributed by atoms with Gasteiger partial charge >= 0.3 is 0 Å². The van der Waals surface area contributed by atoms with Gasteiger partial charge in [0.25, 0.3) is 0 Å². The van der Waals surface area contributed by atoms with E-state index in [1.807, 2.05) is 36.4 Å². The molecule has 0 fully saturated rings. The monoisotopic (exact) mass is 261 g/mol. The molecule has 96 valence electrons. The molecule has 4 rings (SSSR count). The smallest absolute Gasteiger partial charge is 0.146 e.